The minimum atomic E-state index is -2.19. The van der Waals surface area contributed by atoms with Gasteiger partial charge in [0.05, 0.1) is 0 Å². The number of rotatable bonds is 3. The van der Waals surface area contributed by atoms with Crippen LogP contribution in [0.2, 0.25) is 0 Å². The quantitative estimate of drug-likeness (QED) is 0.799. The Labute approximate surface area is 125 Å². The Hall–Kier alpha value is -1.78. The lowest BCUT2D eigenvalue weighted by Gasteiger charge is -2.10. The first-order chi connectivity index (χ1) is 10.1. The smallest absolute Gasteiger partial charge is 0.123 e. The third-order valence-corrected chi connectivity index (χ3v) is 4.46. The van der Waals surface area contributed by atoms with Gasteiger partial charge in [0.1, 0.15) is 5.82 Å². The average molecular weight is 301 g/mol. The number of halogens is 1. The summed E-state index contributed by atoms with van der Waals surface area (Å²) in [5.41, 5.74) is 4.54. The number of benzene rings is 2. The van der Waals surface area contributed by atoms with Gasteiger partial charge in [-0.3, -0.25) is 4.21 Å². The van der Waals surface area contributed by atoms with Gasteiger partial charge in [0.2, 0.25) is 0 Å². The molecule has 1 unspecified atom stereocenters. The van der Waals surface area contributed by atoms with Gasteiger partial charge in [0.25, 0.3) is 0 Å². The lowest BCUT2D eigenvalue weighted by Crippen LogP contribution is -1.90. The van der Waals surface area contributed by atoms with E-state index in [0.717, 1.165) is 30.4 Å². The third kappa shape index (κ3) is 2.96. The molecule has 0 N–H and O–H groups in total. The summed E-state index contributed by atoms with van der Waals surface area (Å²) in [6, 6.07) is 13.5. The predicted octanol–water partition coefficient (Wildman–Crippen LogP) is 4.16. The largest absolute Gasteiger partial charge is 0.768 e. The van der Waals surface area contributed by atoms with E-state index in [1.54, 1.807) is 24.3 Å². The molecule has 0 spiro atoms. The van der Waals surface area contributed by atoms with E-state index in [-0.39, 0.29) is 5.82 Å². The number of hydrogen-bond donors (Lipinski definition) is 0. The van der Waals surface area contributed by atoms with Crippen LogP contribution in [0.5, 0.6) is 0 Å². The Morgan fingerprint density at radius 2 is 1.33 bits per heavy atom. The van der Waals surface area contributed by atoms with Crippen LogP contribution >= 0.6 is 0 Å². The van der Waals surface area contributed by atoms with Crippen molar-refractivity contribution in [3.63, 3.8) is 0 Å². The third-order valence-electron chi connectivity index (χ3n) is 3.81. The summed E-state index contributed by atoms with van der Waals surface area (Å²) in [7, 11) is 0. The van der Waals surface area contributed by atoms with Crippen molar-refractivity contribution in [1.82, 2.24) is 0 Å². The zero-order valence-corrected chi connectivity index (χ0v) is 12.2. The Bertz CT molecular complexity index is 703. The van der Waals surface area contributed by atoms with E-state index < -0.39 is 11.1 Å². The normalized spacial score (nSPS) is 16.3. The minimum absolute atomic E-state index is 0.235. The van der Waals surface area contributed by atoms with Crippen molar-refractivity contribution in [2.75, 3.05) is 0 Å². The monoisotopic (exact) mass is 301 g/mol. The van der Waals surface area contributed by atoms with Crippen molar-refractivity contribution < 1.29 is 13.2 Å². The number of hydrogen-bond acceptors (Lipinski definition) is 2. The summed E-state index contributed by atoms with van der Waals surface area (Å²) in [5, 5.41) is 0. The van der Waals surface area contributed by atoms with Crippen LogP contribution in [0.15, 0.2) is 53.4 Å². The zero-order valence-electron chi connectivity index (χ0n) is 11.3. The molecule has 2 aromatic carbocycles. The highest BCUT2D eigenvalue weighted by Gasteiger charge is 2.17. The lowest BCUT2D eigenvalue weighted by atomic mass is 9.97. The molecule has 21 heavy (non-hydrogen) atoms. The fourth-order valence-corrected chi connectivity index (χ4v) is 3.16. The molecule has 0 heterocycles. The van der Waals surface area contributed by atoms with Crippen molar-refractivity contribution in [3.05, 3.63) is 65.5 Å². The van der Waals surface area contributed by atoms with Gasteiger partial charge >= 0.3 is 0 Å². The number of allylic oxidation sites excluding steroid dienone is 2. The van der Waals surface area contributed by atoms with Gasteiger partial charge in [-0.25, -0.2) is 4.39 Å². The molecule has 0 amide bonds. The Morgan fingerprint density at radius 1 is 0.857 bits per heavy atom. The topological polar surface area (TPSA) is 40.1 Å². The molecule has 1 atom stereocenters. The van der Waals surface area contributed by atoms with E-state index in [0.29, 0.717) is 4.90 Å². The summed E-state index contributed by atoms with van der Waals surface area (Å²) in [6.07, 6.45) is 3.00. The summed E-state index contributed by atoms with van der Waals surface area (Å²) in [4.78, 5) is 0.292. The van der Waals surface area contributed by atoms with Crippen LogP contribution in [0.4, 0.5) is 4.39 Å². The molecule has 1 aliphatic carbocycles. The molecule has 0 bridgehead atoms. The molecule has 3 rings (SSSR count). The van der Waals surface area contributed by atoms with Crippen molar-refractivity contribution in [2.24, 2.45) is 0 Å². The maximum atomic E-state index is 13.0. The zero-order chi connectivity index (χ0) is 14.8. The first-order valence-corrected chi connectivity index (χ1v) is 7.90. The summed E-state index contributed by atoms with van der Waals surface area (Å²) < 4.78 is 34.8. The first-order valence-electron chi connectivity index (χ1n) is 6.83. The Balaban J connectivity index is 2.00. The summed E-state index contributed by atoms with van der Waals surface area (Å²) in [5.74, 6) is -0.235. The standard InChI is InChI=1S/C17H15FO2S/c18-14-8-4-12(5-9-14)16-2-1-3-17(16)13-6-10-15(11-7-13)21(19)20/h4-11H,1-3H2,(H,19,20)/p-1. The molecule has 0 aliphatic heterocycles. The molecule has 1 aliphatic rings. The summed E-state index contributed by atoms with van der Waals surface area (Å²) in [6.45, 7) is 0. The Morgan fingerprint density at radius 3 is 1.81 bits per heavy atom. The van der Waals surface area contributed by atoms with Crippen LogP contribution in [-0.2, 0) is 11.1 Å². The molecular formula is C17H14FO2S-. The van der Waals surface area contributed by atoms with Crippen LogP contribution in [0, 0.1) is 5.82 Å². The first kappa shape index (κ1) is 14.2. The van der Waals surface area contributed by atoms with Gasteiger partial charge in [0.15, 0.2) is 0 Å². The van der Waals surface area contributed by atoms with E-state index in [2.05, 4.69) is 0 Å². The molecule has 0 aromatic heterocycles. The highest BCUT2D eigenvalue weighted by atomic mass is 32.2. The predicted molar refractivity (Wildman–Crippen MR) is 80.7 cm³/mol. The van der Waals surface area contributed by atoms with Crippen LogP contribution in [0.3, 0.4) is 0 Å². The molecule has 2 aromatic rings. The maximum absolute atomic E-state index is 13.0. The van der Waals surface area contributed by atoms with Gasteiger partial charge in [-0.1, -0.05) is 24.3 Å². The fourth-order valence-electron chi connectivity index (χ4n) is 2.80. The molecule has 2 nitrogen and oxygen atoms in total. The molecular weight excluding hydrogens is 287 g/mol. The van der Waals surface area contributed by atoms with Crippen molar-refractivity contribution >= 4 is 22.2 Å². The maximum Gasteiger partial charge on any atom is 0.123 e. The van der Waals surface area contributed by atoms with E-state index in [9.17, 15) is 13.2 Å². The van der Waals surface area contributed by atoms with E-state index in [1.807, 2.05) is 12.1 Å². The van der Waals surface area contributed by atoms with Crippen molar-refractivity contribution in [3.8, 4) is 0 Å². The van der Waals surface area contributed by atoms with Gasteiger partial charge in [-0.05, 0) is 76.9 Å². The van der Waals surface area contributed by atoms with Gasteiger partial charge in [0, 0.05) is 4.90 Å². The van der Waals surface area contributed by atoms with Gasteiger partial charge in [-0.15, -0.1) is 0 Å². The SMILES string of the molecule is O=S([O-])c1ccc(C2=C(c3ccc(F)cc3)CCC2)cc1. The van der Waals surface area contributed by atoms with Crippen molar-refractivity contribution in [1.29, 1.82) is 0 Å². The lowest BCUT2D eigenvalue weighted by molar-refractivity contribution is 0.537. The van der Waals surface area contributed by atoms with E-state index >= 15 is 0 Å². The Kier molecular flexibility index (Phi) is 3.99. The minimum Gasteiger partial charge on any atom is -0.768 e. The van der Waals surface area contributed by atoms with Crippen molar-refractivity contribution in [2.45, 2.75) is 24.2 Å². The average Bonchev–Trinajstić information content (AvgIpc) is 2.97. The highest BCUT2D eigenvalue weighted by Crippen LogP contribution is 2.39. The fraction of sp³-hybridized carbons (Fsp3) is 0.176. The van der Waals surface area contributed by atoms with E-state index in [4.69, 9.17) is 0 Å². The highest BCUT2D eigenvalue weighted by molar-refractivity contribution is 7.79. The van der Waals surface area contributed by atoms with Crippen LogP contribution < -0.4 is 0 Å². The molecule has 0 radical (unpaired) electrons. The van der Waals surface area contributed by atoms with Crippen LogP contribution in [-0.4, -0.2) is 8.76 Å². The van der Waals surface area contributed by atoms with Gasteiger partial charge < -0.3 is 4.55 Å². The molecule has 0 saturated heterocycles. The second-order valence-corrected chi connectivity index (χ2v) is 6.02. The van der Waals surface area contributed by atoms with Crippen LogP contribution in [0.25, 0.3) is 11.1 Å². The molecule has 0 saturated carbocycles. The molecule has 0 fully saturated rings. The second-order valence-electron chi connectivity index (χ2n) is 5.08. The van der Waals surface area contributed by atoms with Gasteiger partial charge in [-0.2, -0.15) is 0 Å². The summed E-state index contributed by atoms with van der Waals surface area (Å²) >= 11 is -2.19. The molecule has 4 heteroatoms. The van der Waals surface area contributed by atoms with E-state index in [1.165, 1.54) is 23.3 Å². The second kappa shape index (κ2) is 5.92. The molecule has 108 valence electrons. The van der Waals surface area contributed by atoms with Crippen LogP contribution in [0.1, 0.15) is 30.4 Å².